The van der Waals surface area contributed by atoms with Crippen molar-refractivity contribution in [3.63, 3.8) is 0 Å². The molecule has 3 aromatic rings. The van der Waals surface area contributed by atoms with Crippen molar-refractivity contribution in [1.29, 1.82) is 0 Å². The van der Waals surface area contributed by atoms with Gasteiger partial charge in [-0.3, -0.25) is 4.90 Å². The Bertz CT molecular complexity index is 1130. The van der Waals surface area contributed by atoms with Gasteiger partial charge in [-0.15, -0.1) is 5.10 Å². The molecule has 176 valence electrons. The Morgan fingerprint density at radius 1 is 1.06 bits per heavy atom. The van der Waals surface area contributed by atoms with Crippen molar-refractivity contribution >= 4 is 17.3 Å². The first-order valence-corrected chi connectivity index (χ1v) is 10.9. The minimum atomic E-state index is -4.41. The monoisotopic (exact) mass is 460 g/mol. The van der Waals surface area contributed by atoms with E-state index in [-0.39, 0.29) is 1.43 Å². The fourth-order valence-corrected chi connectivity index (χ4v) is 4.26. The molecule has 2 aliphatic heterocycles. The lowest BCUT2D eigenvalue weighted by Gasteiger charge is -2.47. The van der Waals surface area contributed by atoms with Gasteiger partial charge in [0.2, 0.25) is 5.95 Å². The maximum absolute atomic E-state index is 13.0. The summed E-state index contributed by atoms with van der Waals surface area (Å²) in [7, 11) is 0. The van der Waals surface area contributed by atoms with Gasteiger partial charge in [0, 0.05) is 45.0 Å². The van der Waals surface area contributed by atoms with Crippen LogP contribution >= 0.6 is 0 Å². The number of aromatic nitrogens is 3. The third kappa shape index (κ3) is 4.81. The molecule has 1 aromatic heterocycles. The predicted octanol–water partition coefficient (Wildman–Crippen LogP) is 4.10. The molecule has 2 aromatic carbocycles. The number of halogens is 3. The van der Waals surface area contributed by atoms with E-state index in [1.807, 2.05) is 19.1 Å². The van der Waals surface area contributed by atoms with E-state index in [0.29, 0.717) is 17.7 Å². The molecule has 0 bridgehead atoms. The van der Waals surface area contributed by atoms with Crippen LogP contribution in [0.15, 0.2) is 48.8 Å². The Morgan fingerprint density at radius 3 is 2.61 bits per heavy atom. The normalized spacial score (nSPS) is 17.8. The molecule has 0 spiro atoms. The molecule has 0 unspecified atom stereocenters. The zero-order valence-corrected chi connectivity index (χ0v) is 18.2. The van der Waals surface area contributed by atoms with Gasteiger partial charge in [-0.05, 0) is 48.9 Å². The SMILES string of the molecule is Cc1cc(Nc2ncn(-c3cccc(C(F)(F)F)c3)n2)cc(N2CC(N3CCOCC3)C2)c1.[HH]. The molecule has 0 saturated carbocycles. The molecule has 1 N–H and O–H groups in total. The number of anilines is 3. The van der Waals surface area contributed by atoms with Crippen LogP contribution in [0, 0.1) is 6.92 Å². The zero-order valence-electron chi connectivity index (χ0n) is 18.2. The Labute approximate surface area is 191 Å². The summed E-state index contributed by atoms with van der Waals surface area (Å²) in [5.74, 6) is 0.318. The summed E-state index contributed by atoms with van der Waals surface area (Å²) in [4.78, 5) is 9.04. The van der Waals surface area contributed by atoms with Crippen molar-refractivity contribution in [2.75, 3.05) is 49.6 Å². The number of nitrogens with zero attached hydrogens (tertiary/aromatic N) is 5. The standard InChI is InChI=1S/C23H25F3N6O.H2/c1-16-9-18(12-20(10-16)31-13-21(14-31)30-5-7-33-8-6-30)28-22-27-15-32(29-22)19-4-2-3-17(11-19)23(24,25)26;/h2-4,9-12,15,21H,5-8,13-14H2,1H3,(H,28,29);1H. The summed E-state index contributed by atoms with van der Waals surface area (Å²) < 4.78 is 45.8. The van der Waals surface area contributed by atoms with E-state index in [4.69, 9.17) is 4.74 Å². The van der Waals surface area contributed by atoms with Crippen molar-refractivity contribution in [2.45, 2.75) is 19.1 Å². The molecule has 2 aliphatic rings. The van der Waals surface area contributed by atoms with E-state index >= 15 is 0 Å². The molecule has 3 heterocycles. The quantitative estimate of drug-likeness (QED) is 0.619. The molecular weight excluding hydrogens is 433 g/mol. The van der Waals surface area contributed by atoms with Crippen molar-refractivity contribution in [1.82, 2.24) is 19.7 Å². The number of hydrogen-bond acceptors (Lipinski definition) is 6. The zero-order chi connectivity index (χ0) is 23.0. The smallest absolute Gasteiger partial charge is 0.379 e. The molecule has 2 fully saturated rings. The summed E-state index contributed by atoms with van der Waals surface area (Å²) >= 11 is 0. The molecule has 0 radical (unpaired) electrons. The van der Waals surface area contributed by atoms with Crippen molar-refractivity contribution in [3.8, 4) is 5.69 Å². The van der Waals surface area contributed by atoms with Gasteiger partial charge in [-0.1, -0.05) is 6.07 Å². The number of ether oxygens (including phenoxy) is 1. The van der Waals surface area contributed by atoms with E-state index in [9.17, 15) is 13.2 Å². The third-order valence-corrected chi connectivity index (χ3v) is 6.04. The predicted molar refractivity (Wildman–Crippen MR) is 121 cm³/mol. The number of hydrogen-bond donors (Lipinski definition) is 1. The average Bonchev–Trinajstić information content (AvgIpc) is 3.21. The van der Waals surface area contributed by atoms with Gasteiger partial charge < -0.3 is 15.0 Å². The number of benzene rings is 2. The van der Waals surface area contributed by atoms with E-state index in [0.717, 1.165) is 68.5 Å². The second kappa shape index (κ2) is 8.68. The molecule has 7 nitrogen and oxygen atoms in total. The molecule has 2 saturated heterocycles. The lowest BCUT2D eigenvalue weighted by molar-refractivity contribution is -0.137. The number of morpholine rings is 1. The fraction of sp³-hybridized carbons (Fsp3) is 0.391. The van der Waals surface area contributed by atoms with Crippen LogP contribution in [0.2, 0.25) is 0 Å². The molecule has 5 rings (SSSR count). The minimum absolute atomic E-state index is 0. The van der Waals surface area contributed by atoms with Gasteiger partial charge in [-0.25, -0.2) is 4.68 Å². The molecule has 0 atom stereocenters. The van der Waals surface area contributed by atoms with E-state index < -0.39 is 11.7 Å². The van der Waals surface area contributed by atoms with Gasteiger partial charge >= 0.3 is 6.18 Å². The lowest BCUT2D eigenvalue weighted by Crippen LogP contribution is -2.61. The molecule has 0 aliphatic carbocycles. The highest BCUT2D eigenvalue weighted by Gasteiger charge is 2.33. The molecule has 10 heteroatoms. The van der Waals surface area contributed by atoms with Gasteiger partial charge in [0.25, 0.3) is 0 Å². The summed E-state index contributed by atoms with van der Waals surface area (Å²) in [6.45, 7) is 7.56. The Morgan fingerprint density at radius 2 is 1.85 bits per heavy atom. The second-order valence-electron chi connectivity index (χ2n) is 8.45. The highest BCUT2D eigenvalue weighted by Crippen LogP contribution is 2.31. The fourth-order valence-electron chi connectivity index (χ4n) is 4.26. The van der Waals surface area contributed by atoms with Crippen LogP contribution in [0.4, 0.5) is 30.5 Å². The average molecular weight is 461 g/mol. The summed E-state index contributed by atoms with van der Waals surface area (Å²) in [5, 5.41) is 7.48. The summed E-state index contributed by atoms with van der Waals surface area (Å²) in [5.41, 5.74) is 2.63. The maximum Gasteiger partial charge on any atom is 0.416 e. The summed E-state index contributed by atoms with van der Waals surface area (Å²) in [6, 6.07) is 11.8. The largest absolute Gasteiger partial charge is 0.416 e. The highest BCUT2D eigenvalue weighted by atomic mass is 19.4. The van der Waals surface area contributed by atoms with Crippen LogP contribution in [0.3, 0.4) is 0 Å². The molecule has 33 heavy (non-hydrogen) atoms. The van der Waals surface area contributed by atoms with Gasteiger partial charge in [0.15, 0.2) is 0 Å². The first kappa shape index (κ1) is 21.7. The van der Waals surface area contributed by atoms with Crippen LogP contribution in [0.25, 0.3) is 5.69 Å². The van der Waals surface area contributed by atoms with Gasteiger partial charge in [-0.2, -0.15) is 18.2 Å². The topological polar surface area (TPSA) is 58.5 Å². The van der Waals surface area contributed by atoms with Crippen LogP contribution in [-0.4, -0.2) is 65.1 Å². The van der Waals surface area contributed by atoms with E-state index in [1.54, 1.807) is 6.07 Å². The number of alkyl halides is 3. The number of nitrogens with one attached hydrogen (secondary N) is 1. The first-order chi connectivity index (χ1) is 15.8. The van der Waals surface area contributed by atoms with E-state index in [1.165, 1.54) is 17.1 Å². The highest BCUT2D eigenvalue weighted by molar-refractivity contribution is 5.65. The first-order valence-electron chi connectivity index (χ1n) is 10.9. The molecular formula is C23H27F3N6O. The van der Waals surface area contributed by atoms with Crippen LogP contribution in [0.1, 0.15) is 12.6 Å². The van der Waals surface area contributed by atoms with Gasteiger partial charge in [0.05, 0.1) is 24.5 Å². The Hall–Kier alpha value is -3.11. The maximum atomic E-state index is 13.0. The molecule has 0 amide bonds. The van der Waals surface area contributed by atoms with Crippen LogP contribution < -0.4 is 10.2 Å². The van der Waals surface area contributed by atoms with Crippen molar-refractivity contribution in [3.05, 3.63) is 59.9 Å². The Balaban J connectivity index is 0.00000274. The number of rotatable bonds is 5. The Kier molecular flexibility index (Phi) is 5.71. The number of aryl methyl sites for hydroxylation is 1. The minimum Gasteiger partial charge on any atom is -0.379 e. The van der Waals surface area contributed by atoms with Crippen LogP contribution in [0.5, 0.6) is 0 Å². The van der Waals surface area contributed by atoms with Crippen molar-refractivity contribution in [2.24, 2.45) is 0 Å². The summed E-state index contributed by atoms with van der Waals surface area (Å²) in [6.07, 6.45) is -3.01. The van der Waals surface area contributed by atoms with Gasteiger partial charge in [0.1, 0.15) is 6.33 Å². The van der Waals surface area contributed by atoms with Crippen molar-refractivity contribution < 1.29 is 19.3 Å². The lowest BCUT2D eigenvalue weighted by atomic mass is 10.0. The van der Waals surface area contributed by atoms with E-state index in [2.05, 4.69) is 31.3 Å². The third-order valence-electron chi connectivity index (χ3n) is 6.04. The second-order valence-corrected chi connectivity index (χ2v) is 8.45. The van der Waals surface area contributed by atoms with Crippen LogP contribution in [-0.2, 0) is 10.9 Å².